The summed E-state index contributed by atoms with van der Waals surface area (Å²) in [4.78, 5) is 13.2. The van der Waals surface area contributed by atoms with Gasteiger partial charge in [-0.3, -0.25) is 0 Å². The lowest BCUT2D eigenvalue weighted by atomic mass is 10.3. The van der Waals surface area contributed by atoms with Crippen LogP contribution in [0.15, 0.2) is 29.2 Å². The molecule has 0 saturated heterocycles. The van der Waals surface area contributed by atoms with Crippen LogP contribution in [0.3, 0.4) is 0 Å². The first-order chi connectivity index (χ1) is 8.97. The van der Waals surface area contributed by atoms with Gasteiger partial charge in [-0.15, -0.1) is 23.1 Å². The third-order valence-electron chi connectivity index (χ3n) is 2.59. The normalized spacial score (nSPS) is 10.6. The zero-order valence-corrected chi connectivity index (χ0v) is 12.5. The average molecular weight is 314 g/mol. The number of thioether (sulfide) groups is 1. The van der Waals surface area contributed by atoms with E-state index in [1.54, 1.807) is 30.0 Å². The zero-order chi connectivity index (χ0) is 14.0. The van der Waals surface area contributed by atoms with Crippen molar-refractivity contribution >= 4 is 46.4 Å². The molecule has 0 radical (unpaired) electrons. The van der Waals surface area contributed by atoms with E-state index in [0.717, 1.165) is 15.3 Å². The number of carbonyl (C=O) groups is 1. The van der Waals surface area contributed by atoms with E-state index in [0.29, 0.717) is 21.3 Å². The van der Waals surface area contributed by atoms with Gasteiger partial charge in [-0.05, 0) is 36.8 Å². The van der Waals surface area contributed by atoms with Crippen LogP contribution in [0.4, 0.5) is 5.69 Å². The van der Waals surface area contributed by atoms with E-state index in [9.17, 15) is 4.79 Å². The number of aromatic carboxylic acids is 1. The van der Waals surface area contributed by atoms with E-state index < -0.39 is 5.97 Å². The van der Waals surface area contributed by atoms with Gasteiger partial charge in [0.1, 0.15) is 4.88 Å². The number of hydrogen-bond donors (Lipinski definition) is 2. The Balaban J connectivity index is 2.12. The maximum atomic E-state index is 10.9. The third-order valence-corrected chi connectivity index (χ3v) is 5.04. The number of anilines is 1. The van der Waals surface area contributed by atoms with Crippen molar-refractivity contribution in [3.8, 4) is 0 Å². The summed E-state index contributed by atoms with van der Waals surface area (Å²) < 4.78 is 0. The molecule has 0 bridgehead atoms. The fourth-order valence-corrected chi connectivity index (χ4v) is 3.73. The summed E-state index contributed by atoms with van der Waals surface area (Å²) in [7, 11) is 0. The molecule has 2 aromatic rings. The predicted octanol–water partition coefficient (Wildman–Crippen LogP) is 4.28. The monoisotopic (exact) mass is 313 g/mol. The first-order valence-corrected chi connectivity index (χ1v) is 7.66. The fourth-order valence-electron chi connectivity index (χ4n) is 1.57. The Morgan fingerprint density at radius 2 is 2.21 bits per heavy atom. The SMILES string of the molecule is Cc1sc(C(=O)O)cc1CSc1ccc(Cl)cc1N. The molecule has 0 atom stereocenters. The molecule has 0 aliphatic rings. The second kappa shape index (κ2) is 5.86. The molecule has 0 unspecified atom stereocenters. The van der Waals surface area contributed by atoms with Gasteiger partial charge in [0.15, 0.2) is 0 Å². The molecule has 0 amide bonds. The molecule has 1 aromatic heterocycles. The number of aryl methyl sites for hydroxylation is 1. The molecule has 6 heteroatoms. The van der Waals surface area contributed by atoms with Gasteiger partial charge in [-0.25, -0.2) is 4.79 Å². The molecule has 3 nitrogen and oxygen atoms in total. The van der Waals surface area contributed by atoms with Crippen LogP contribution in [-0.2, 0) is 5.75 Å². The van der Waals surface area contributed by atoms with Crippen molar-refractivity contribution < 1.29 is 9.90 Å². The summed E-state index contributed by atoms with van der Waals surface area (Å²) in [5, 5.41) is 9.56. The molecule has 0 aliphatic carbocycles. The van der Waals surface area contributed by atoms with E-state index >= 15 is 0 Å². The number of rotatable bonds is 4. The Morgan fingerprint density at radius 3 is 2.79 bits per heavy atom. The van der Waals surface area contributed by atoms with Crippen molar-refractivity contribution in [1.82, 2.24) is 0 Å². The van der Waals surface area contributed by atoms with E-state index in [1.165, 1.54) is 11.3 Å². The number of nitrogen functional groups attached to an aromatic ring is 1. The molecule has 100 valence electrons. The highest BCUT2D eigenvalue weighted by atomic mass is 35.5. The fraction of sp³-hybridized carbons (Fsp3) is 0.154. The van der Waals surface area contributed by atoms with E-state index in [1.807, 2.05) is 13.0 Å². The molecule has 0 aliphatic heterocycles. The van der Waals surface area contributed by atoms with Crippen molar-refractivity contribution in [1.29, 1.82) is 0 Å². The number of hydrogen-bond acceptors (Lipinski definition) is 4. The third kappa shape index (κ3) is 3.43. The van der Waals surface area contributed by atoms with E-state index in [2.05, 4.69) is 0 Å². The molecule has 0 saturated carbocycles. The maximum Gasteiger partial charge on any atom is 0.345 e. The Morgan fingerprint density at radius 1 is 1.47 bits per heavy atom. The number of thiophene rings is 1. The first kappa shape index (κ1) is 14.2. The average Bonchev–Trinajstić information content (AvgIpc) is 2.70. The Kier molecular flexibility index (Phi) is 4.39. The molecule has 0 spiro atoms. The van der Waals surface area contributed by atoms with Gasteiger partial charge in [0.2, 0.25) is 0 Å². The van der Waals surface area contributed by atoms with Crippen molar-refractivity contribution in [2.24, 2.45) is 0 Å². The molecule has 1 aromatic carbocycles. The van der Waals surface area contributed by atoms with Crippen molar-refractivity contribution in [2.45, 2.75) is 17.6 Å². The van der Waals surface area contributed by atoms with E-state index in [4.69, 9.17) is 22.4 Å². The van der Waals surface area contributed by atoms with Gasteiger partial charge in [0, 0.05) is 26.2 Å². The molecular weight excluding hydrogens is 302 g/mol. The number of benzene rings is 1. The summed E-state index contributed by atoms with van der Waals surface area (Å²) in [6.07, 6.45) is 0. The van der Waals surface area contributed by atoms with Gasteiger partial charge >= 0.3 is 5.97 Å². The summed E-state index contributed by atoms with van der Waals surface area (Å²) in [5.41, 5.74) is 7.55. The minimum absolute atomic E-state index is 0.372. The molecule has 3 N–H and O–H groups in total. The van der Waals surface area contributed by atoms with Crippen LogP contribution >= 0.6 is 34.7 Å². The molecule has 0 fully saturated rings. The summed E-state index contributed by atoms with van der Waals surface area (Å²) in [5.74, 6) is -0.183. The topological polar surface area (TPSA) is 63.3 Å². The molecular formula is C13H12ClNO2S2. The Labute approximate surface area is 124 Å². The zero-order valence-electron chi connectivity index (χ0n) is 10.1. The van der Waals surface area contributed by atoms with Gasteiger partial charge < -0.3 is 10.8 Å². The van der Waals surface area contributed by atoms with Crippen LogP contribution in [-0.4, -0.2) is 11.1 Å². The van der Waals surface area contributed by atoms with E-state index in [-0.39, 0.29) is 0 Å². The van der Waals surface area contributed by atoms with Crippen LogP contribution < -0.4 is 5.73 Å². The minimum Gasteiger partial charge on any atom is -0.477 e. The van der Waals surface area contributed by atoms with Gasteiger partial charge in [-0.2, -0.15) is 0 Å². The summed E-state index contributed by atoms with van der Waals surface area (Å²) >= 11 is 8.72. The van der Waals surface area contributed by atoms with Gasteiger partial charge in [0.25, 0.3) is 0 Å². The second-order valence-electron chi connectivity index (χ2n) is 3.97. The Bertz CT molecular complexity index is 625. The second-order valence-corrected chi connectivity index (χ2v) is 6.68. The molecule has 2 rings (SSSR count). The standard InChI is InChI=1S/C13H12ClNO2S2/c1-7-8(4-12(19-7)13(16)17)6-18-11-3-2-9(14)5-10(11)15/h2-5H,6,15H2,1H3,(H,16,17). The lowest BCUT2D eigenvalue weighted by Crippen LogP contribution is -1.91. The Hall–Kier alpha value is -1.17. The van der Waals surface area contributed by atoms with Crippen molar-refractivity contribution in [3.05, 3.63) is 44.6 Å². The minimum atomic E-state index is -0.879. The highest BCUT2D eigenvalue weighted by Crippen LogP contribution is 2.33. The highest BCUT2D eigenvalue weighted by molar-refractivity contribution is 7.98. The number of nitrogens with two attached hydrogens (primary N) is 1. The maximum absolute atomic E-state index is 10.9. The lowest BCUT2D eigenvalue weighted by Gasteiger charge is -2.05. The molecule has 19 heavy (non-hydrogen) atoms. The van der Waals surface area contributed by atoms with Crippen LogP contribution in [0.1, 0.15) is 20.1 Å². The predicted molar refractivity (Wildman–Crippen MR) is 81.4 cm³/mol. The highest BCUT2D eigenvalue weighted by Gasteiger charge is 2.11. The lowest BCUT2D eigenvalue weighted by molar-refractivity contribution is 0.0702. The first-order valence-electron chi connectivity index (χ1n) is 5.48. The van der Waals surface area contributed by atoms with Gasteiger partial charge in [-0.1, -0.05) is 11.6 Å². The largest absolute Gasteiger partial charge is 0.477 e. The quantitative estimate of drug-likeness (QED) is 0.653. The smallest absolute Gasteiger partial charge is 0.345 e. The number of halogens is 1. The molecule has 1 heterocycles. The summed E-state index contributed by atoms with van der Waals surface area (Å²) in [6.45, 7) is 1.93. The summed E-state index contributed by atoms with van der Waals surface area (Å²) in [6, 6.07) is 7.11. The van der Waals surface area contributed by atoms with Crippen molar-refractivity contribution in [3.63, 3.8) is 0 Å². The number of carboxylic acids is 1. The van der Waals surface area contributed by atoms with Crippen LogP contribution in [0.5, 0.6) is 0 Å². The van der Waals surface area contributed by atoms with Crippen molar-refractivity contribution in [2.75, 3.05) is 5.73 Å². The van der Waals surface area contributed by atoms with Crippen LogP contribution in [0, 0.1) is 6.92 Å². The number of carboxylic acid groups (broad SMARTS) is 1. The van der Waals surface area contributed by atoms with Crippen LogP contribution in [0.2, 0.25) is 5.02 Å². The van der Waals surface area contributed by atoms with Crippen LogP contribution in [0.25, 0.3) is 0 Å². The van der Waals surface area contributed by atoms with Gasteiger partial charge in [0.05, 0.1) is 0 Å².